The molecule has 2 N–H and O–H groups in total. The number of alkyl halides is 6. The number of aryl methyl sites for hydroxylation is 1. The van der Waals surface area contributed by atoms with Crippen molar-refractivity contribution in [2.45, 2.75) is 38.7 Å². The van der Waals surface area contributed by atoms with Gasteiger partial charge in [-0.15, -0.1) is 0 Å². The Morgan fingerprint density at radius 3 is 2.10 bits per heavy atom. The fourth-order valence-electron chi connectivity index (χ4n) is 3.16. The van der Waals surface area contributed by atoms with Crippen LogP contribution in [0.1, 0.15) is 35.5 Å². The number of anilines is 2. The van der Waals surface area contributed by atoms with Crippen molar-refractivity contribution in [3.63, 3.8) is 0 Å². The minimum Gasteiger partial charge on any atom is -0.357 e. The van der Waals surface area contributed by atoms with Crippen LogP contribution in [0.2, 0.25) is 0 Å². The molecule has 1 aliphatic heterocycles. The number of rotatable bonds is 4. The smallest absolute Gasteiger partial charge is 0.357 e. The first-order chi connectivity index (χ1) is 14.4. The lowest BCUT2D eigenvalue weighted by Crippen LogP contribution is -2.30. The molecule has 1 fully saturated rings. The van der Waals surface area contributed by atoms with Crippen molar-refractivity contribution in [2.75, 3.05) is 23.3 Å². The molecule has 0 aliphatic carbocycles. The molecule has 0 radical (unpaired) electrons. The monoisotopic (exact) mass is 447 g/mol. The molecule has 12 heteroatoms. The van der Waals surface area contributed by atoms with E-state index in [0.29, 0.717) is 23.6 Å². The summed E-state index contributed by atoms with van der Waals surface area (Å²) >= 11 is 0. The number of hydrogen-bond donors (Lipinski definition) is 2. The van der Waals surface area contributed by atoms with Gasteiger partial charge in [-0.05, 0) is 38.0 Å². The van der Waals surface area contributed by atoms with E-state index in [2.05, 4.69) is 20.2 Å². The summed E-state index contributed by atoms with van der Waals surface area (Å²) in [5, 5.41) is 4.36. The normalized spacial score (nSPS) is 14.6. The minimum absolute atomic E-state index is 0.0104. The second-order valence-electron chi connectivity index (χ2n) is 7.08. The minimum atomic E-state index is -5.00. The van der Waals surface area contributed by atoms with Gasteiger partial charge >= 0.3 is 18.4 Å². The molecule has 3 rings (SSSR count). The largest absolute Gasteiger partial charge is 0.416 e. The van der Waals surface area contributed by atoms with Crippen LogP contribution >= 0.6 is 0 Å². The van der Waals surface area contributed by atoms with Crippen molar-refractivity contribution >= 4 is 17.5 Å². The molecule has 31 heavy (non-hydrogen) atoms. The van der Waals surface area contributed by atoms with Gasteiger partial charge in [0, 0.05) is 30.5 Å². The summed E-state index contributed by atoms with van der Waals surface area (Å²) in [7, 11) is 0. The molecule has 0 atom stereocenters. The van der Waals surface area contributed by atoms with E-state index in [1.54, 1.807) is 13.0 Å². The average molecular weight is 447 g/mol. The van der Waals surface area contributed by atoms with E-state index in [-0.39, 0.29) is 18.4 Å². The predicted octanol–water partition coefficient (Wildman–Crippen LogP) is 4.74. The first-order valence-corrected chi connectivity index (χ1v) is 9.36. The molecule has 2 heterocycles. The van der Waals surface area contributed by atoms with E-state index in [4.69, 9.17) is 0 Å². The lowest BCUT2D eigenvalue weighted by Gasteiger charge is -2.18. The summed E-state index contributed by atoms with van der Waals surface area (Å²) in [6.45, 7) is 3.30. The zero-order chi connectivity index (χ0) is 22.8. The van der Waals surface area contributed by atoms with Crippen LogP contribution in [-0.4, -0.2) is 29.1 Å². The van der Waals surface area contributed by atoms with E-state index >= 15 is 0 Å². The van der Waals surface area contributed by atoms with Crippen LogP contribution in [0, 0.1) is 6.92 Å². The highest BCUT2D eigenvalue weighted by Crippen LogP contribution is 2.37. The standard InChI is InChI=1S/C19H19F6N5O/c1-11-6-16(30-4-2-3-5-30)29-15(27-11)10-26-17(31)28-14-8-12(18(20,21)22)7-13(9-14)19(23,24)25/h6-9H,2-5,10H2,1H3,(H2,26,28,31). The number of urea groups is 1. The van der Waals surface area contributed by atoms with Crippen LogP contribution in [0.4, 0.5) is 42.6 Å². The van der Waals surface area contributed by atoms with Gasteiger partial charge in [-0.3, -0.25) is 0 Å². The van der Waals surface area contributed by atoms with Gasteiger partial charge in [0.15, 0.2) is 0 Å². The van der Waals surface area contributed by atoms with Crippen molar-refractivity contribution in [2.24, 2.45) is 0 Å². The van der Waals surface area contributed by atoms with E-state index in [1.165, 1.54) is 0 Å². The van der Waals surface area contributed by atoms with Crippen molar-refractivity contribution in [3.8, 4) is 0 Å². The molecular weight excluding hydrogens is 428 g/mol. The number of carbonyl (C=O) groups is 1. The van der Waals surface area contributed by atoms with Crippen LogP contribution < -0.4 is 15.5 Å². The van der Waals surface area contributed by atoms with Crippen LogP contribution in [0.15, 0.2) is 24.3 Å². The maximum absolute atomic E-state index is 12.9. The van der Waals surface area contributed by atoms with Crippen molar-refractivity contribution < 1.29 is 31.1 Å². The van der Waals surface area contributed by atoms with E-state index < -0.39 is 35.2 Å². The Morgan fingerprint density at radius 2 is 1.55 bits per heavy atom. The number of carbonyl (C=O) groups excluding carboxylic acids is 1. The zero-order valence-electron chi connectivity index (χ0n) is 16.4. The Hall–Kier alpha value is -3.05. The Bertz CT molecular complexity index is 922. The molecule has 1 saturated heterocycles. The Balaban J connectivity index is 1.71. The molecule has 0 saturated carbocycles. The van der Waals surface area contributed by atoms with Gasteiger partial charge in [-0.1, -0.05) is 0 Å². The number of halogens is 6. The second kappa shape index (κ2) is 8.60. The van der Waals surface area contributed by atoms with E-state index in [1.807, 2.05) is 5.32 Å². The first kappa shape index (κ1) is 22.6. The van der Waals surface area contributed by atoms with Crippen molar-refractivity contribution in [1.29, 1.82) is 0 Å². The predicted molar refractivity (Wildman–Crippen MR) is 101 cm³/mol. The van der Waals surface area contributed by atoms with Gasteiger partial charge in [0.25, 0.3) is 0 Å². The summed E-state index contributed by atoms with van der Waals surface area (Å²) < 4.78 is 77.6. The highest BCUT2D eigenvalue weighted by molar-refractivity contribution is 5.89. The highest BCUT2D eigenvalue weighted by atomic mass is 19.4. The molecular formula is C19H19F6N5O. The summed E-state index contributed by atoms with van der Waals surface area (Å²) in [4.78, 5) is 22.7. The van der Waals surface area contributed by atoms with Gasteiger partial charge in [0.1, 0.15) is 11.6 Å². The molecule has 1 aliphatic rings. The van der Waals surface area contributed by atoms with Gasteiger partial charge < -0.3 is 15.5 Å². The number of hydrogen-bond acceptors (Lipinski definition) is 4. The van der Waals surface area contributed by atoms with Gasteiger partial charge in [0.05, 0.1) is 17.7 Å². The molecule has 168 valence electrons. The lowest BCUT2D eigenvalue weighted by molar-refractivity contribution is -0.143. The highest BCUT2D eigenvalue weighted by Gasteiger charge is 2.37. The van der Waals surface area contributed by atoms with Gasteiger partial charge in [-0.25, -0.2) is 14.8 Å². The van der Waals surface area contributed by atoms with Crippen LogP contribution in [0.5, 0.6) is 0 Å². The summed E-state index contributed by atoms with van der Waals surface area (Å²) in [6, 6.07) is 1.67. The molecule has 1 aromatic carbocycles. The fraction of sp³-hybridized carbons (Fsp3) is 0.421. The summed E-state index contributed by atoms with van der Waals surface area (Å²) in [6.07, 6.45) is -7.93. The van der Waals surface area contributed by atoms with Crippen LogP contribution in [-0.2, 0) is 18.9 Å². The van der Waals surface area contributed by atoms with Crippen LogP contribution in [0.25, 0.3) is 0 Å². The second-order valence-corrected chi connectivity index (χ2v) is 7.08. The van der Waals surface area contributed by atoms with E-state index in [9.17, 15) is 31.1 Å². The third kappa shape index (κ3) is 5.98. The average Bonchev–Trinajstić information content (AvgIpc) is 3.19. The maximum Gasteiger partial charge on any atom is 0.416 e. The lowest BCUT2D eigenvalue weighted by atomic mass is 10.1. The number of amides is 2. The number of benzene rings is 1. The van der Waals surface area contributed by atoms with Gasteiger partial charge in [-0.2, -0.15) is 26.3 Å². The molecule has 2 aromatic rings. The van der Waals surface area contributed by atoms with Crippen molar-refractivity contribution in [3.05, 3.63) is 46.9 Å². The number of nitrogens with one attached hydrogen (secondary N) is 2. The number of aromatic nitrogens is 2. The molecule has 0 unspecified atom stereocenters. The SMILES string of the molecule is Cc1cc(N2CCCC2)nc(CNC(=O)Nc2cc(C(F)(F)F)cc(C(F)(F)F)c2)n1. The molecule has 0 spiro atoms. The van der Waals surface area contributed by atoms with Crippen LogP contribution in [0.3, 0.4) is 0 Å². The summed E-state index contributed by atoms with van der Waals surface area (Å²) in [5.74, 6) is 0.979. The molecule has 1 aromatic heterocycles. The topological polar surface area (TPSA) is 70.2 Å². The molecule has 0 bridgehead atoms. The summed E-state index contributed by atoms with van der Waals surface area (Å²) in [5.41, 5.74) is -3.01. The Kier molecular flexibility index (Phi) is 6.27. The molecule has 6 nitrogen and oxygen atoms in total. The van der Waals surface area contributed by atoms with Crippen molar-refractivity contribution in [1.82, 2.24) is 15.3 Å². The fourth-order valence-corrected chi connectivity index (χ4v) is 3.16. The first-order valence-electron chi connectivity index (χ1n) is 9.36. The zero-order valence-corrected chi connectivity index (χ0v) is 16.4. The maximum atomic E-state index is 12.9. The Morgan fingerprint density at radius 1 is 0.968 bits per heavy atom. The van der Waals surface area contributed by atoms with Gasteiger partial charge in [0.2, 0.25) is 0 Å². The third-order valence-electron chi connectivity index (χ3n) is 4.57. The Labute approximate surface area is 173 Å². The molecule has 2 amide bonds. The number of nitrogens with zero attached hydrogens (tertiary/aromatic N) is 3. The van der Waals surface area contributed by atoms with E-state index in [0.717, 1.165) is 25.9 Å². The quantitative estimate of drug-likeness (QED) is 0.664. The third-order valence-corrected chi connectivity index (χ3v) is 4.57.